The second kappa shape index (κ2) is 6.23. The molecule has 1 saturated carbocycles. The van der Waals surface area contributed by atoms with E-state index in [1.165, 1.54) is 43.4 Å². The summed E-state index contributed by atoms with van der Waals surface area (Å²) in [5.41, 5.74) is 8.50. The zero-order chi connectivity index (χ0) is 13.8. The molecule has 1 aromatic heterocycles. The maximum absolute atomic E-state index is 6.09. The summed E-state index contributed by atoms with van der Waals surface area (Å²) in [6, 6.07) is 10.9. The monoisotopic (exact) mass is 269 g/mol. The van der Waals surface area contributed by atoms with Gasteiger partial charge in [0, 0.05) is 6.54 Å². The minimum absolute atomic E-state index is 0.382. The van der Waals surface area contributed by atoms with Crippen LogP contribution in [0.3, 0.4) is 0 Å². The number of benzene rings is 1. The molecule has 0 saturated heterocycles. The largest absolute Gasteiger partial charge is 0.328 e. The molecule has 1 aliphatic rings. The quantitative estimate of drug-likeness (QED) is 0.921. The summed E-state index contributed by atoms with van der Waals surface area (Å²) in [6.45, 7) is 0.695. The molecule has 20 heavy (non-hydrogen) atoms. The SMILES string of the molecule is NCC(C1CCCCC1)n1cncc1-c1ccccc1. The van der Waals surface area contributed by atoms with E-state index in [1.807, 2.05) is 18.6 Å². The van der Waals surface area contributed by atoms with Crippen molar-refractivity contribution in [2.75, 3.05) is 6.54 Å². The number of hydrogen-bond acceptors (Lipinski definition) is 2. The van der Waals surface area contributed by atoms with Gasteiger partial charge in [-0.3, -0.25) is 0 Å². The number of hydrogen-bond donors (Lipinski definition) is 1. The summed E-state index contributed by atoms with van der Waals surface area (Å²) in [4.78, 5) is 4.37. The second-order valence-electron chi connectivity index (χ2n) is 5.75. The highest BCUT2D eigenvalue weighted by Gasteiger charge is 2.25. The van der Waals surface area contributed by atoms with Crippen molar-refractivity contribution < 1.29 is 0 Å². The third-order valence-corrected chi connectivity index (χ3v) is 4.53. The first-order valence-electron chi connectivity index (χ1n) is 7.67. The highest BCUT2D eigenvalue weighted by atomic mass is 15.1. The maximum Gasteiger partial charge on any atom is 0.0954 e. The van der Waals surface area contributed by atoms with Gasteiger partial charge in [0.2, 0.25) is 0 Å². The first-order valence-corrected chi connectivity index (χ1v) is 7.67. The topological polar surface area (TPSA) is 43.8 Å². The molecule has 3 rings (SSSR count). The fourth-order valence-electron chi connectivity index (χ4n) is 3.45. The zero-order valence-corrected chi connectivity index (χ0v) is 11.9. The van der Waals surface area contributed by atoms with Crippen molar-refractivity contribution in [3.8, 4) is 11.3 Å². The van der Waals surface area contributed by atoms with E-state index in [2.05, 4.69) is 33.8 Å². The number of imidazole rings is 1. The third kappa shape index (κ3) is 2.63. The summed E-state index contributed by atoms with van der Waals surface area (Å²) in [6.07, 6.45) is 10.6. The van der Waals surface area contributed by atoms with E-state index >= 15 is 0 Å². The average Bonchev–Trinajstić information content (AvgIpc) is 2.99. The Hall–Kier alpha value is -1.61. The van der Waals surface area contributed by atoms with Crippen molar-refractivity contribution in [2.24, 2.45) is 11.7 Å². The van der Waals surface area contributed by atoms with Crippen LogP contribution in [0.2, 0.25) is 0 Å². The van der Waals surface area contributed by atoms with Gasteiger partial charge in [0.25, 0.3) is 0 Å². The van der Waals surface area contributed by atoms with E-state index in [9.17, 15) is 0 Å². The van der Waals surface area contributed by atoms with Crippen molar-refractivity contribution in [1.29, 1.82) is 0 Å². The highest BCUT2D eigenvalue weighted by molar-refractivity contribution is 5.58. The molecule has 2 N–H and O–H groups in total. The Morgan fingerprint density at radius 2 is 1.90 bits per heavy atom. The molecule has 1 heterocycles. The van der Waals surface area contributed by atoms with Gasteiger partial charge in [-0.1, -0.05) is 49.6 Å². The van der Waals surface area contributed by atoms with E-state index in [0.717, 1.165) is 0 Å². The summed E-state index contributed by atoms with van der Waals surface area (Å²) in [5, 5.41) is 0. The molecule has 1 fully saturated rings. The Kier molecular flexibility index (Phi) is 4.16. The minimum Gasteiger partial charge on any atom is -0.328 e. The summed E-state index contributed by atoms with van der Waals surface area (Å²) >= 11 is 0. The first-order chi connectivity index (χ1) is 9.90. The third-order valence-electron chi connectivity index (χ3n) is 4.53. The normalized spacial score (nSPS) is 18.1. The number of rotatable bonds is 4. The molecule has 2 aromatic rings. The van der Waals surface area contributed by atoms with Crippen LogP contribution >= 0.6 is 0 Å². The molecular weight excluding hydrogens is 246 g/mol. The molecule has 0 amide bonds. The predicted molar refractivity (Wildman–Crippen MR) is 82.3 cm³/mol. The fourth-order valence-corrected chi connectivity index (χ4v) is 3.45. The molecule has 0 aliphatic heterocycles. The van der Waals surface area contributed by atoms with E-state index in [4.69, 9.17) is 5.73 Å². The Labute approximate surface area is 120 Å². The van der Waals surface area contributed by atoms with Gasteiger partial charge in [-0.2, -0.15) is 0 Å². The Bertz CT molecular complexity index is 526. The van der Waals surface area contributed by atoms with Gasteiger partial charge >= 0.3 is 0 Å². The van der Waals surface area contributed by atoms with Crippen LogP contribution in [-0.2, 0) is 0 Å². The van der Waals surface area contributed by atoms with Gasteiger partial charge in [0.1, 0.15) is 0 Å². The van der Waals surface area contributed by atoms with Crippen LogP contribution < -0.4 is 5.73 Å². The predicted octanol–water partition coefficient (Wildman–Crippen LogP) is 3.63. The Morgan fingerprint density at radius 3 is 2.60 bits per heavy atom. The molecule has 0 radical (unpaired) electrons. The van der Waals surface area contributed by atoms with Crippen LogP contribution in [0.15, 0.2) is 42.9 Å². The second-order valence-corrected chi connectivity index (χ2v) is 5.75. The number of nitrogens with two attached hydrogens (primary N) is 1. The lowest BCUT2D eigenvalue weighted by atomic mass is 9.83. The van der Waals surface area contributed by atoms with E-state index in [-0.39, 0.29) is 0 Å². The lowest BCUT2D eigenvalue weighted by molar-refractivity contribution is 0.255. The molecule has 1 unspecified atom stereocenters. The lowest BCUT2D eigenvalue weighted by Gasteiger charge is -2.31. The fraction of sp³-hybridized carbons (Fsp3) is 0.471. The van der Waals surface area contributed by atoms with Gasteiger partial charge < -0.3 is 10.3 Å². The van der Waals surface area contributed by atoms with Crippen molar-refractivity contribution in [2.45, 2.75) is 38.1 Å². The molecule has 0 spiro atoms. The zero-order valence-electron chi connectivity index (χ0n) is 11.9. The van der Waals surface area contributed by atoms with Crippen molar-refractivity contribution >= 4 is 0 Å². The molecule has 3 nitrogen and oxygen atoms in total. The number of aromatic nitrogens is 2. The van der Waals surface area contributed by atoms with Crippen LogP contribution in [0.25, 0.3) is 11.3 Å². The van der Waals surface area contributed by atoms with E-state index < -0.39 is 0 Å². The molecule has 106 valence electrons. The summed E-state index contributed by atoms with van der Waals surface area (Å²) in [5.74, 6) is 0.699. The van der Waals surface area contributed by atoms with Gasteiger partial charge in [-0.05, 0) is 24.3 Å². The van der Waals surface area contributed by atoms with Crippen LogP contribution in [-0.4, -0.2) is 16.1 Å². The molecule has 1 aliphatic carbocycles. The van der Waals surface area contributed by atoms with Gasteiger partial charge in [-0.15, -0.1) is 0 Å². The molecule has 1 atom stereocenters. The smallest absolute Gasteiger partial charge is 0.0954 e. The highest BCUT2D eigenvalue weighted by Crippen LogP contribution is 2.34. The lowest BCUT2D eigenvalue weighted by Crippen LogP contribution is -2.28. The van der Waals surface area contributed by atoms with Gasteiger partial charge in [0.05, 0.1) is 24.3 Å². The molecule has 1 aromatic carbocycles. The van der Waals surface area contributed by atoms with Crippen molar-refractivity contribution in [1.82, 2.24) is 9.55 Å². The van der Waals surface area contributed by atoms with E-state index in [0.29, 0.717) is 18.5 Å². The van der Waals surface area contributed by atoms with E-state index in [1.54, 1.807) is 0 Å². The number of nitrogens with zero attached hydrogens (tertiary/aromatic N) is 2. The molecular formula is C17H23N3. The molecule has 3 heteroatoms. The maximum atomic E-state index is 6.09. The van der Waals surface area contributed by atoms with Gasteiger partial charge in [-0.25, -0.2) is 4.98 Å². The van der Waals surface area contributed by atoms with Crippen LogP contribution in [0.1, 0.15) is 38.1 Å². The standard InChI is InChI=1S/C17H23N3/c18-11-16(14-7-3-1-4-8-14)20-13-19-12-17(20)15-9-5-2-6-10-15/h2,5-6,9-10,12-14,16H,1,3-4,7-8,11,18H2. The van der Waals surface area contributed by atoms with Crippen LogP contribution in [0, 0.1) is 5.92 Å². The summed E-state index contributed by atoms with van der Waals surface area (Å²) in [7, 11) is 0. The van der Waals surface area contributed by atoms with Crippen molar-refractivity contribution in [3.05, 3.63) is 42.9 Å². The Morgan fingerprint density at radius 1 is 1.15 bits per heavy atom. The van der Waals surface area contributed by atoms with Crippen molar-refractivity contribution in [3.63, 3.8) is 0 Å². The van der Waals surface area contributed by atoms with Crippen LogP contribution in [0.4, 0.5) is 0 Å². The van der Waals surface area contributed by atoms with Gasteiger partial charge in [0.15, 0.2) is 0 Å². The Balaban J connectivity index is 1.91. The first kappa shape index (κ1) is 13.4. The summed E-state index contributed by atoms with van der Waals surface area (Å²) < 4.78 is 2.30. The van der Waals surface area contributed by atoms with Crippen LogP contribution in [0.5, 0.6) is 0 Å². The average molecular weight is 269 g/mol. The molecule has 0 bridgehead atoms. The minimum atomic E-state index is 0.382.